The number of nitrogen functional groups attached to an aromatic ring is 1. The van der Waals surface area contributed by atoms with Crippen molar-refractivity contribution in [3.63, 3.8) is 0 Å². The van der Waals surface area contributed by atoms with Crippen molar-refractivity contribution in [2.24, 2.45) is 0 Å². The number of rotatable bonds is 3. The van der Waals surface area contributed by atoms with E-state index in [0.29, 0.717) is 16.4 Å². The highest BCUT2D eigenvalue weighted by atomic mass is 32.2. The fourth-order valence-corrected chi connectivity index (χ4v) is 2.65. The lowest BCUT2D eigenvalue weighted by Crippen LogP contribution is -2.17. The SMILES string of the molecule is CNC(=O)c1ccc(Sc2nc(C)cc(C)n2)c(N)c1. The van der Waals surface area contributed by atoms with E-state index in [1.54, 1.807) is 19.2 Å². The molecule has 3 N–H and O–H groups in total. The van der Waals surface area contributed by atoms with Gasteiger partial charge in [0.2, 0.25) is 0 Å². The average Bonchev–Trinajstić information content (AvgIpc) is 2.39. The number of benzene rings is 1. The fraction of sp³-hybridized carbons (Fsp3) is 0.214. The van der Waals surface area contributed by atoms with Gasteiger partial charge < -0.3 is 11.1 Å². The molecule has 0 radical (unpaired) electrons. The highest BCUT2D eigenvalue weighted by molar-refractivity contribution is 7.99. The van der Waals surface area contributed by atoms with Crippen LogP contribution in [0.4, 0.5) is 5.69 Å². The summed E-state index contributed by atoms with van der Waals surface area (Å²) in [4.78, 5) is 21.1. The molecule has 0 aliphatic rings. The molecule has 0 aliphatic heterocycles. The molecule has 1 heterocycles. The summed E-state index contributed by atoms with van der Waals surface area (Å²) in [7, 11) is 1.59. The Morgan fingerprint density at radius 3 is 2.40 bits per heavy atom. The molecule has 1 aromatic carbocycles. The molecular weight excluding hydrogens is 272 g/mol. The number of hydrogen-bond donors (Lipinski definition) is 2. The Bertz CT molecular complexity index is 637. The number of hydrogen-bond acceptors (Lipinski definition) is 5. The molecule has 0 fully saturated rings. The minimum atomic E-state index is -0.157. The van der Waals surface area contributed by atoms with E-state index < -0.39 is 0 Å². The van der Waals surface area contributed by atoms with Crippen molar-refractivity contribution < 1.29 is 4.79 Å². The summed E-state index contributed by atoms with van der Waals surface area (Å²) in [6.07, 6.45) is 0. The first-order chi connectivity index (χ1) is 9.49. The van der Waals surface area contributed by atoms with E-state index in [1.165, 1.54) is 11.8 Å². The Kier molecular flexibility index (Phi) is 4.24. The molecule has 0 saturated heterocycles. The van der Waals surface area contributed by atoms with Crippen molar-refractivity contribution in [3.05, 3.63) is 41.2 Å². The lowest BCUT2D eigenvalue weighted by atomic mass is 10.2. The van der Waals surface area contributed by atoms with Crippen LogP contribution in [0.5, 0.6) is 0 Å². The zero-order valence-electron chi connectivity index (χ0n) is 11.6. The average molecular weight is 288 g/mol. The van der Waals surface area contributed by atoms with Gasteiger partial charge in [0.1, 0.15) is 0 Å². The van der Waals surface area contributed by atoms with Crippen molar-refractivity contribution in [2.45, 2.75) is 23.9 Å². The molecular formula is C14H16N4OS. The number of nitrogens with one attached hydrogen (secondary N) is 1. The van der Waals surface area contributed by atoms with Crippen LogP contribution in [-0.4, -0.2) is 22.9 Å². The number of aryl methyl sites for hydroxylation is 2. The lowest BCUT2D eigenvalue weighted by Gasteiger charge is -2.07. The number of aromatic nitrogens is 2. The van der Waals surface area contributed by atoms with Crippen molar-refractivity contribution >= 4 is 23.4 Å². The van der Waals surface area contributed by atoms with Gasteiger partial charge in [-0.15, -0.1) is 0 Å². The molecule has 0 unspecified atom stereocenters. The molecule has 0 saturated carbocycles. The summed E-state index contributed by atoms with van der Waals surface area (Å²) >= 11 is 1.39. The van der Waals surface area contributed by atoms with Gasteiger partial charge >= 0.3 is 0 Å². The van der Waals surface area contributed by atoms with Crippen molar-refractivity contribution in [1.82, 2.24) is 15.3 Å². The normalized spacial score (nSPS) is 10.3. The molecule has 0 aliphatic carbocycles. The fourth-order valence-electron chi connectivity index (χ4n) is 1.76. The molecule has 2 aromatic rings. The number of anilines is 1. The molecule has 5 nitrogen and oxygen atoms in total. The van der Waals surface area contributed by atoms with Crippen molar-refractivity contribution in [2.75, 3.05) is 12.8 Å². The number of nitrogens with zero attached hydrogens (tertiary/aromatic N) is 2. The molecule has 1 aromatic heterocycles. The Labute approximate surface area is 122 Å². The highest BCUT2D eigenvalue weighted by Gasteiger charge is 2.09. The van der Waals surface area contributed by atoms with Crippen LogP contribution in [0, 0.1) is 13.8 Å². The van der Waals surface area contributed by atoms with E-state index in [9.17, 15) is 4.79 Å². The zero-order chi connectivity index (χ0) is 14.7. The summed E-state index contributed by atoms with van der Waals surface area (Å²) in [5, 5.41) is 3.22. The first-order valence-corrected chi connectivity index (χ1v) is 6.93. The maximum atomic E-state index is 11.5. The molecule has 1 amide bonds. The monoisotopic (exact) mass is 288 g/mol. The second-order valence-corrected chi connectivity index (χ2v) is 5.38. The summed E-state index contributed by atoms with van der Waals surface area (Å²) < 4.78 is 0. The third kappa shape index (κ3) is 3.27. The van der Waals surface area contributed by atoms with Gasteiger partial charge in [-0.2, -0.15) is 0 Å². The van der Waals surface area contributed by atoms with Gasteiger partial charge in [0, 0.05) is 34.6 Å². The van der Waals surface area contributed by atoms with Crippen LogP contribution in [0.2, 0.25) is 0 Å². The second-order valence-electron chi connectivity index (χ2n) is 4.37. The second kappa shape index (κ2) is 5.92. The third-order valence-electron chi connectivity index (χ3n) is 2.66. The van der Waals surface area contributed by atoms with E-state index in [-0.39, 0.29) is 5.91 Å². The van der Waals surface area contributed by atoms with Gasteiger partial charge in [0.25, 0.3) is 5.91 Å². The van der Waals surface area contributed by atoms with E-state index in [1.807, 2.05) is 26.0 Å². The van der Waals surface area contributed by atoms with Gasteiger partial charge in [0.15, 0.2) is 5.16 Å². The van der Waals surface area contributed by atoms with Crippen LogP contribution < -0.4 is 11.1 Å². The summed E-state index contributed by atoms with van der Waals surface area (Å²) in [6.45, 7) is 3.85. The predicted molar refractivity (Wildman–Crippen MR) is 79.9 cm³/mol. The van der Waals surface area contributed by atoms with Crippen molar-refractivity contribution in [3.8, 4) is 0 Å². The van der Waals surface area contributed by atoms with Crippen LogP contribution in [0.3, 0.4) is 0 Å². The molecule has 6 heteroatoms. The van der Waals surface area contributed by atoms with E-state index in [4.69, 9.17) is 5.73 Å². The molecule has 0 bridgehead atoms. The first kappa shape index (κ1) is 14.3. The summed E-state index contributed by atoms with van der Waals surface area (Å²) in [6, 6.07) is 7.12. The minimum Gasteiger partial charge on any atom is -0.398 e. The van der Waals surface area contributed by atoms with Gasteiger partial charge in [-0.3, -0.25) is 4.79 Å². The molecule has 0 atom stereocenters. The summed E-state index contributed by atoms with van der Waals surface area (Å²) in [5.74, 6) is -0.157. The van der Waals surface area contributed by atoms with Crippen LogP contribution >= 0.6 is 11.8 Å². The number of amides is 1. The van der Waals surface area contributed by atoms with E-state index in [0.717, 1.165) is 16.3 Å². The van der Waals surface area contributed by atoms with E-state index in [2.05, 4.69) is 15.3 Å². The maximum Gasteiger partial charge on any atom is 0.251 e. The van der Waals surface area contributed by atoms with Gasteiger partial charge in [0.05, 0.1) is 0 Å². The zero-order valence-corrected chi connectivity index (χ0v) is 12.4. The van der Waals surface area contributed by atoms with Crippen LogP contribution in [0.25, 0.3) is 0 Å². The Morgan fingerprint density at radius 1 is 1.20 bits per heavy atom. The van der Waals surface area contributed by atoms with Gasteiger partial charge in [-0.25, -0.2) is 9.97 Å². The quantitative estimate of drug-likeness (QED) is 0.668. The Hall–Kier alpha value is -2.08. The Balaban J connectivity index is 2.27. The largest absolute Gasteiger partial charge is 0.398 e. The summed E-state index contributed by atoms with van der Waals surface area (Å²) in [5.41, 5.74) is 8.89. The lowest BCUT2D eigenvalue weighted by molar-refractivity contribution is 0.0963. The van der Waals surface area contributed by atoms with Crippen molar-refractivity contribution in [1.29, 1.82) is 0 Å². The number of carbonyl (C=O) groups is 1. The third-order valence-corrected chi connectivity index (χ3v) is 3.62. The topological polar surface area (TPSA) is 80.9 Å². The number of carbonyl (C=O) groups excluding carboxylic acids is 1. The molecule has 20 heavy (non-hydrogen) atoms. The highest BCUT2D eigenvalue weighted by Crippen LogP contribution is 2.30. The molecule has 2 rings (SSSR count). The molecule has 104 valence electrons. The number of nitrogens with two attached hydrogens (primary N) is 1. The molecule has 0 spiro atoms. The maximum absolute atomic E-state index is 11.5. The van der Waals surface area contributed by atoms with Crippen LogP contribution in [0.15, 0.2) is 34.3 Å². The van der Waals surface area contributed by atoms with Crippen LogP contribution in [0.1, 0.15) is 21.7 Å². The minimum absolute atomic E-state index is 0.157. The predicted octanol–water partition coefficient (Wildman–Crippen LogP) is 2.19. The van der Waals surface area contributed by atoms with Crippen LogP contribution in [-0.2, 0) is 0 Å². The van der Waals surface area contributed by atoms with E-state index >= 15 is 0 Å². The van der Waals surface area contributed by atoms with Gasteiger partial charge in [-0.05, 0) is 49.9 Å². The first-order valence-electron chi connectivity index (χ1n) is 6.11. The smallest absolute Gasteiger partial charge is 0.251 e. The Morgan fingerprint density at radius 2 is 1.85 bits per heavy atom. The standard InChI is InChI=1S/C14H16N4OS/c1-8-6-9(2)18-14(17-8)20-12-5-4-10(7-11(12)15)13(19)16-3/h4-7H,15H2,1-3H3,(H,16,19). The van der Waals surface area contributed by atoms with Gasteiger partial charge in [-0.1, -0.05) is 0 Å².